The molecule has 0 atom stereocenters. The van der Waals surface area contributed by atoms with Crippen LogP contribution in [0, 0.1) is 0 Å². The second-order valence-electron chi connectivity index (χ2n) is 7.06. The van der Waals surface area contributed by atoms with E-state index in [0.29, 0.717) is 24.1 Å². The van der Waals surface area contributed by atoms with Crippen molar-refractivity contribution in [2.45, 2.75) is 38.7 Å². The highest BCUT2D eigenvalue weighted by atomic mass is 16.5. The molecule has 1 amide bonds. The number of rotatable bonds is 7. The number of fused-ring (bicyclic) bond motifs is 2. The van der Waals surface area contributed by atoms with Gasteiger partial charge >= 0.3 is 11.6 Å². The quantitative estimate of drug-likeness (QED) is 0.375. The zero-order valence-electron chi connectivity index (χ0n) is 15.9. The Kier molecular flexibility index (Phi) is 5.46. The number of hydrogen-bond donors (Lipinski definition) is 1. The zero-order valence-corrected chi connectivity index (χ0v) is 15.9. The Labute approximate surface area is 166 Å². The third-order valence-electron chi connectivity index (χ3n) is 5.02. The summed E-state index contributed by atoms with van der Waals surface area (Å²) in [6.45, 7) is 0.344. The van der Waals surface area contributed by atoms with Gasteiger partial charge in [0.25, 0.3) is 5.91 Å². The van der Waals surface area contributed by atoms with Crippen molar-refractivity contribution in [1.29, 1.82) is 0 Å². The van der Waals surface area contributed by atoms with E-state index in [0.717, 1.165) is 24.6 Å². The van der Waals surface area contributed by atoms with E-state index in [2.05, 4.69) is 5.32 Å². The number of hydrogen-bond acceptors (Lipinski definition) is 6. The summed E-state index contributed by atoms with van der Waals surface area (Å²) >= 11 is 0. The van der Waals surface area contributed by atoms with Crippen LogP contribution in [0.15, 0.2) is 50.2 Å². The highest BCUT2D eigenvalue weighted by Crippen LogP contribution is 2.28. The van der Waals surface area contributed by atoms with Crippen molar-refractivity contribution in [3.8, 4) is 0 Å². The molecule has 0 spiro atoms. The fourth-order valence-electron chi connectivity index (χ4n) is 3.57. The van der Waals surface area contributed by atoms with Crippen LogP contribution >= 0.6 is 0 Å². The van der Waals surface area contributed by atoms with Crippen LogP contribution in [0.25, 0.3) is 11.0 Å². The molecule has 4 rings (SSSR count). The van der Waals surface area contributed by atoms with Gasteiger partial charge in [0.2, 0.25) is 0 Å². The van der Waals surface area contributed by atoms with Gasteiger partial charge in [-0.2, -0.15) is 0 Å². The van der Waals surface area contributed by atoms with Crippen LogP contribution in [0.2, 0.25) is 0 Å². The highest BCUT2D eigenvalue weighted by molar-refractivity contribution is 5.91. The molecule has 7 nitrogen and oxygen atoms in total. The summed E-state index contributed by atoms with van der Waals surface area (Å²) in [6.07, 6.45) is 5.12. The molecule has 1 N–H and O–H groups in total. The van der Waals surface area contributed by atoms with Crippen molar-refractivity contribution < 1.29 is 23.2 Å². The summed E-state index contributed by atoms with van der Waals surface area (Å²) in [7, 11) is 0. The molecule has 150 valence electrons. The predicted octanol–water partition coefficient (Wildman–Crippen LogP) is 3.13. The lowest BCUT2D eigenvalue weighted by Gasteiger charge is -2.09. The number of esters is 1. The first-order valence-corrected chi connectivity index (χ1v) is 9.66. The molecule has 0 radical (unpaired) electrons. The van der Waals surface area contributed by atoms with Crippen molar-refractivity contribution in [3.05, 3.63) is 69.5 Å². The first-order valence-electron chi connectivity index (χ1n) is 9.66. The second kappa shape index (κ2) is 8.34. The Bertz CT molecular complexity index is 1100. The van der Waals surface area contributed by atoms with Crippen LogP contribution < -0.4 is 10.9 Å². The van der Waals surface area contributed by atoms with Crippen LogP contribution in [0.4, 0.5) is 0 Å². The van der Waals surface area contributed by atoms with E-state index >= 15 is 0 Å². The molecule has 0 fully saturated rings. The lowest BCUT2D eigenvalue weighted by Crippen LogP contribution is -2.24. The largest absolute Gasteiger partial charge is 0.461 e. The normalized spacial score (nSPS) is 12.7. The predicted molar refractivity (Wildman–Crippen MR) is 105 cm³/mol. The van der Waals surface area contributed by atoms with E-state index in [9.17, 15) is 14.4 Å². The minimum absolute atomic E-state index is 0.0124. The average molecular weight is 395 g/mol. The van der Waals surface area contributed by atoms with Gasteiger partial charge in [-0.1, -0.05) is 0 Å². The van der Waals surface area contributed by atoms with Crippen LogP contribution in [-0.4, -0.2) is 18.4 Å². The summed E-state index contributed by atoms with van der Waals surface area (Å²) in [5.74, 6) is -0.480. The van der Waals surface area contributed by atoms with E-state index < -0.39 is 5.63 Å². The molecule has 2 aromatic heterocycles. The first kappa shape index (κ1) is 19.0. The Hall–Kier alpha value is -3.35. The SMILES string of the molecule is O=C(CCCNC(=O)c1ccco1)OCc1cc(=O)oc2cc3c(cc12)CCC3. The molecule has 1 aliphatic carbocycles. The molecule has 0 aliphatic heterocycles. The van der Waals surface area contributed by atoms with Crippen LogP contribution in [0.3, 0.4) is 0 Å². The smallest absolute Gasteiger partial charge is 0.336 e. The number of ether oxygens (including phenoxy) is 1. The minimum Gasteiger partial charge on any atom is -0.461 e. The lowest BCUT2D eigenvalue weighted by atomic mass is 10.0. The molecule has 7 heteroatoms. The fraction of sp³-hybridized carbons (Fsp3) is 0.318. The lowest BCUT2D eigenvalue weighted by molar-refractivity contribution is -0.145. The number of furan rings is 1. The number of nitrogens with one attached hydrogen (secondary N) is 1. The van der Waals surface area contributed by atoms with E-state index in [1.54, 1.807) is 12.1 Å². The molecular formula is C22H21NO6. The maximum absolute atomic E-state index is 12.0. The molecule has 0 saturated heterocycles. The van der Waals surface area contributed by atoms with Crippen LogP contribution in [-0.2, 0) is 29.0 Å². The number of carbonyl (C=O) groups excluding carboxylic acids is 2. The standard InChI is InChI=1S/C22H21NO6/c24-20(7-2-8-23-22(26)18-6-3-9-27-18)28-13-16-12-21(25)29-19-11-15-5-1-4-14(15)10-17(16)19/h3,6,9-12H,1-2,4-5,7-8,13H2,(H,23,26). The summed E-state index contributed by atoms with van der Waals surface area (Å²) in [6, 6.07) is 8.54. The van der Waals surface area contributed by atoms with Crippen molar-refractivity contribution in [2.24, 2.45) is 0 Å². The van der Waals surface area contributed by atoms with Crippen molar-refractivity contribution in [3.63, 3.8) is 0 Å². The van der Waals surface area contributed by atoms with E-state index in [4.69, 9.17) is 13.6 Å². The van der Waals surface area contributed by atoms with E-state index in [1.165, 1.54) is 23.5 Å². The average Bonchev–Trinajstić information content (AvgIpc) is 3.39. The Balaban J connectivity index is 1.31. The van der Waals surface area contributed by atoms with Gasteiger partial charge in [0.05, 0.1) is 6.26 Å². The van der Waals surface area contributed by atoms with E-state index in [-0.39, 0.29) is 30.7 Å². The molecule has 1 aliphatic rings. The van der Waals surface area contributed by atoms with Crippen molar-refractivity contribution in [2.75, 3.05) is 6.54 Å². The molecule has 0 bridgehead atoms. The topological polar surface area (TPSA) is 98.8 Å². The van der Waals surface area contributed by atoms with Gasteiger partial charge in [-0.15, -0.1) is 0 Å². The monoisotopic (exact) mass is 395 g/mol. The number of benzene rings is 1. The third kappa shape index (κ3) is 4.39. The van der Waals surface area contributed by atoms with Gasteiger partial charge < -0.3 is 18.9 Å². The summed E-state index contributed by atoms with van der Waals surface area (Å²) in [4.78, 5) is 35.6. The van der Waals surface area contributed by atoms with Gasteiger partial charge in [-0.25, -0.2) is 4.79 Å². The summed E-state index contributed by atoms with van der Waals surface area (Å²) in [5, 5.41) is 3.48. The van der Waals surface area contributed by atoms with Gasteiger partial charge in [0.15, 0.2) is 5.76 Å². The second-order valence-corrected chi connectivity index (χ2v) is 7.06. The molecular weight excluding hydrogens is 374 g/mol. The third-order valence-corrected chi connectivity index (χ3v) is 5.02. The van der Waals surface area contributed by atoms with Gasteiger partial charge in [0, 0.05) is 30.0 Å². The molecule has 0 unspecified atom stereocenters. The number of carbonyl (C=O) groups is 2. The Morgan fingerprint density at radius 1 is 1.14 bits per heavy atom. The van der Waals surface area contributed by atoms with E-state index in [1.807, 2.05) is 12.1 Å². The highest BCUT2D eigenvalue weighted by Gasteiger charge is 2.16. The molecule has 2 heterocycles. The number of amides is 1. The summed E-state index contributed by atoms with van der Waals surface area (Å²) < 4.78 is 15.7. The van der Waals surface area contributed by atoms with Crippen LogP contribution in [0.1, 0.15) is 46.5 Å². The first-order chi connectivity index (χ1) is 14.1. The zero-order chi connectivity index (χ0) is 20.2. The summed E-state index contributed by atoms with van der Waals surface area (Å²) in [5.41, 5.74) is 3.19. The maximum Gasteiger partial charge on any atom is 0.336 e. The minimum atomic E-state index is -0.456. The Morgan fingerprint density at radius 2 is 1.97 bits per heavy atom. The van der Waals surface area contributed by atoms with Crippen molar-refractivity contribution >= 4 is 22.8 Å². The Morgan fingerprint density at radius 3 is 2.76 bits per heavy atom. The fourth-order valence-corrected chi connectivity index (χ4v) is 3.57. The van der Waals surface area contributed by atoms with Gasteiger partial charge in [-0.3, -0.25) is 9.59 Å². The number of aryl methyl sites for hydroxylation is 2. The van der Waals surface area contributed by atoms with Gasteiger partial charge in [0.1, 0.15) is 12.2 Å². The van der Waals surface area contributed by atoms with Crippen molar-refractivity contribution in [1.82, 2.24) is 5.32 Å². The molecule has 1 aromatic carbocycles. The maximum atomic E-state index is 12.0. The molecule has 0 saturated carbocycles. The van der Waals surface area contributed by atoms with Crippen LogP contribution in [0.5, 0.6) is 0 Å². The molecule has 29 heavy (non-hydrogen) atoms. The molecule has 3 aromatic rings. The van der Waals surface area contributed by atoms with Gasteiger partial charge in [-0.05, 0) is 61.1 Å².